The highest BCUT2D eigenvalue weighted by Crippen LogP contribution is 2.22. The van der Waals surface area contributed by atoms with Crippen LogP contribution in [0.15, 0.2) is 85.5 Å². The molecule has 4 rings (SSSR count). The number of Topliss-reactive ketones (excluding diaryl/α,β-unsaturated/α-hetero) is 1. The van der Waals surface area contributed by atoms with Gasteiger partial charge in [-0.1, -0.05) is 47.5 Å². The number of nitro groups is 2. The van der Waals surface area contributed by atoms with Gasteiger partial charge in [-0.3, -0.25) is 39.8 Å². The Hall–Kier alpha value is -4.45. The van der Waals surface area contributed by atoms with E-state index >= 15 is 0 Å². The third-order valence-corrected chi connectivity index (χ3v) is 5.62. The third-order valence-electron chi connectivity index (χ3n) is 4.71. The first kappa shape index (κ1) is 30.8. The number of hydrogen-bond donors (Lipinski definition) is 1. The Bertz CT molecular complexity index is 1450. The van der Waals surface area contributed by atoms with Gasteiger partial charge in [0.05, 0.1) is 32.3 Å². The van der Waals surface area contributed by atoms with Crippen molar-refractivity contribution in [3.05, 3.63) is 132 Å². The van der Waals surface area contributed by atoms with Gasteiger partial charge in [-0.05, 0) is 41.4 Å². The zero-order valence-corrected chi connectivity index (χ0v) is 22.0. The van der Waals surface area contributed by atoms with E-state index in [9.17, 15) is 29.8 Å². The fourth-order valence-electron chi connectivity index (χ4n) is 2.87. The lowest BCUT2D eigenvalue weighted by molar-refractivity contribution is -0.385. The highest BCUT2D eigenvalue weighted by molar-refractivity contribution is 6.68. The molecule has 0 aliphatic carbocycles. The van der Waals surface area contributed by atoms with Gasteiger partial charge >= 0.3 is 0 Å². The van der Waals surface area contributed by atoms with E-state index in [1.807, 2.05) is 0 Å². The third kappa shape index (κ3) is 9.42. The summed E-state index contributed by atoms with van der Waals surface area (Å²) in [5, 5.41) is 21.3. The van der Waals surface area contributed by atoms with Crippen LogP contribution in [0.3, 0.4) is 0 Å². The molecule has 0 fully saturated rings. The van der Waals surface area contributed by atoms with Gasteiger partial charge in [0, 0.05) is 42.2 Å². The molecule has 2 aromatic heterocycles. The van der Waals surface area contributed by atoms with Crippen LogP contribution in [0, 0.1) is 20.2 Å². The second kappa shape index (κ2) is 15.1. The Kier molecular flexibility index (Phi) is 11.9. The summed E-state index contributed by atoms with van der Waals surface area (Å²) in [4.78, 5) is 50.3. The molecule has 0 spiro atoms. The summed E-state index contributed by atoms with van der Waals surface area (Å²) in [5.41, 5.74) is 5.93. The van der Waals surface area contributed by atoms with E-state index in [1.165, 1.54) is 61.1 Å². The molecule has 0 unspecified atom stereocenters. The normalized spacial score (nSPS) is 9.72. The van der Waals surface area contributed by atoms with Crippen molar-refractivity contribution in [3.8, 4) is 0 Å². The Morgan fingerprint density at radius 2 is 1.26 bits per heavy atom. The lowest BCUT2D eigenvalue weighted by Gasteiger charge is -2.03. The largest absolute Gasteiger partial charge is 0.396 e. The minimum Gasteiger partial charge on any atom is -0.396 e. The van der Waals surface area contributed by atoms with E-state index in [0.717, 1.165) is 0 Å². The van der Waals surface area contributed by atoms with Gasteiger partial charge in [0.2, 0.25) is 0 Å². The van der Waals surface area contributed by atoms with Crippen molar-refractivity contribution in [2.75, 3.05) is 5.73 Å². The van der Waals surface area contributed by atoms with Crippen LogP contribution in [0.2, 0.25) is 10.0 Å². The van der Waals surface area contributed by atoms with Crippen LogP contribution in [-0.2, 0) is 6.42 Å². The fourth-order valence-corrected chi connectivity index (χ4v) is 3.30. The van der Waals surface area contributed by atoms with E-state index in [4.69, 9.17) is 40.5 Å². The average molecular weight is 591 g/mol. The monoisotopic (exact) mass is 589 g/mol. The van der Waals surface area contributed by atoms with E-state index in [-0.39, 0.29) is 34.7 Å². The number of hydrogen-bond acceptors (Lipinski definition) is 9. The maximum absolute atomic E-state index is 12.1. The number of rotatable bonds is 6. The molecule has 0 aliphatic rings. The molecular weight excluding hydrogens is 573 g/mol. The highest BCUT2D eigenvalue weighted by Gasteiger charge is 2.20. The number of anilines is 1. The number of nitrogens with zero attached hydrogens (tertiary/aromatic N) is 4. The van der Waals surface area contributed by atoms with Crippen LogP contribution >= 0.6 is 34.8 Å². The van der Waals surface area contributed by atoms with E-state index in [2.05, 4.69) is 9.97 Å². The Balaban J connectivity index is 0.000000227. The number of carbonyl (C=O) groups is 2. The zero-order chi connectivity index (χ0) is 28.9. The first-order valence-corrected chi connectivity index (χ1v) is 11.8. The summed E-state index contributed by atoms with van der Waals surface area (Å²) in [6.45, 7) is 0. The number of halogens is 3. The van der Waals surface area contributed by atoms with Crippen molar-refractivity contribution in [3.63, 3.8) is 0 Å². The maximum Gasteiger partial charge on any atom is 0.281 e. The van der Waals surface area contributed by atoms with Gasteiger partial charge in [0.1, 0.15) is 5.56 Å². The average Bonchev–Trinajstić information content (AvgIpc) is 2.92. The molecule has 4 aromatic rings. The van der Waals surface area contributed by atoms with Crippen molar-refractivity contribution in [1.82, 2.24) is 9.97 Å². The number of nitrogens with two attached hydrogens (primary N) is 1. The molecular formula is C25H18Cl3N5O6. The van der Waals surface area contributed by atoms with Gasteiger partial charge in [0.15, 0.2) is 5.78 Å². The second-order valence-corrected chi connectivity index (χ2v) is 8.44. The summed E-state index contributed by atoms with van der Waals surface area (Å²) in [6, 6.07) is 14.6. The molecule has 0 bridgehead atoms. The number of ketones is 1. The lowest BCUT2D eigenvalue weighted by Crippen LogP contribution is -2.07. The standard InChI is InChI=1S/C13H9ClN2O3.C7H4ClNO3.C5H5ClN2/c14-11-5-6-15-8-9(11)7-13(17)10-3-1-2-4-12(10)16(18)19;8-7(10)5-3-1-2-4-6(5)9(11)12;6-4-1-2-8-3-5(4)7/h1-6,8H,7H2;1-4H;1-3H,7H2. The molecule has 0 radical (unpaired) electrons. The Morgan fingerprint density at radius 1 is 0.769 bits per heavy atom. The number of aromatic nitrogens is 2. The molecule has 0 amide bonds. The predicted octanol–water partition coefficient (Wildman–Crippen LogP) is 6.36. The molecule has 2 heterocycles. The number of carbonyl (C=O) groups excluding carboxylic acids is 2. The summed E-state index contributed by atoms with van der Waals surface area (Å²) in [7, 11) is 0. The van der Waals surface area contributed by atoms with Gasteiger partial charge in [-0.2, -0.15) is 0 Å². The number of nitrogen functional groups attached to an aromatic ring is 1. The Labute approximate surface area is 236 Å². The highest BCUT2D eigenvalue weighted by atomic mass is 35.5. The van der Waals surface area contributed by atoms with E-state index in [1.54, 1.807) is 24.4 Å². The van der Waals surface area contributed by atoms with Gasteiger partial charge < -0.3 is 5.73 Å². The van der Waals surface area contributed by atoms with Gasteiger partial charge in [0.25, 0.3) is 16.6 Å². The lowest BCUT2D eigenvalue weighted by atomic mass is 10.0. The van der Waals surface area contributed by atoms with Crippen LogP contribution in [0.5, 0.6) is 0 Å². The summed E-state index contributed by atoms with van der Waals surface area (Å²) in [5.74, 6) is -0.359. The topological polar surface area (TPSA) is 172 Å². The van der Waals surface area contributed by atoms with Crippen molar-refractivity contribution in [2.45, 2.75) is 6.42 Å². The van der Waals surface area contributed by atoms with Crippen LogP contribution in [0.4, 0.5) is 17.1 Å². The van der Waals surface area contributed by atoms with Crippen LogP contribution in [-0.4, -0.2) is 30.8 Å². The molecule has 0 atom stereocenters. The number of benzene rings is 2. The smallest absolute Gasteiger partial charge is 0.281 e. The van der Waals surface area contributed by atoms with Crippen LogP contribution in [0.1, 0.15) is 26.3 Å². The molecule has 200 valence electrons. The molecule has 0 saturated carbocycles. The van der Waals surface area contributed by atoms with Crippen LogP contribution in [0.25, 0.3) is 0 Å². The minimum absolute atomic E-state index is 0.0163. The van der Waals surface area contributed by atoms with Crippen LogP contribution < -0.4 is 5.73 Å². The summed E-state index contributed by atoms with van der Waals surface area (Å²) < 4.78 is 0. The number of pyridine rings is 2. The second-order valence-electron chi connectivity index (χ2n) is 7.29. The van der Waals surface area contributed by atoms with Crippen molar-refractivity contribution in [2.24, 2.45) is 0 Å². The van der Waals surface area contributed by atoms with E-state index < -0.39 is 15.1 Å². The van der Waals surface area contributed by atoms with Crippen molar-refractivity contribution >= 4 is 62.9 Å². The predicted molar refractivity (Wildman–Crippen MR) is 147 cm³/mol. The maximum atomic E-state index is 12.1. The molecule has 0 saturated heterocycles. The SMILES string of the molecule is Nc1cnccc1Cl.O=C(Cc1cnccc1Cl)c1ccccc1[N+](=O)[O-].O=C(Cl)c1ccccc1[N+](=O)[O-]. The molecule has 11 nitrogen and oxygen atoms in total. The fraction of sp³-hybridized carbons (Fsp3) is 0.0400. The first-order valence-electron chi connectivity index (χ1n) is 10.7. The summed E-state index contributed by atoms with van der Waals surface area (Å²) >= 11 is 16.6. The molecule has 39 heavy (non-hydrogen) atoms. The molecule has 2 N–H and O–H groups in total. The van der Waals surface area contributed by atoms with Gasteiger partial charge in [-0.15, -0.1) is 0 Å². The molecule has 2 aromatic carbocycles. The van der Waals surface area contributed by atoms with Crippen molar-refractivity contribution in [1.29, 1.82) is 0 Å². The zero-order valence-electron chi connectivity index (χ0n) is 19.7. The van der Waals surface area contributed by atoms with E-state index in [0.29, 0.717) is 21.3 Å². The number of nitro benzene ring substituents is 2. The number of para-hydroxylation sites is 2. The molecule has 0 aliphatic heterocycles. The van der Waals surface area contributed by atoms with Crippen molar-refractivity contribution < 1.29 is 19.4 Å². The quantitative estimate of drug-likeness (QED) is 0.116. The Morgan fingerprint density at radius 3 is 1.69 bits per heavy atom. The van der Waals surface area contributed by atoms with Gasteiger partial charge in [-0.25, -0.2) is 0 Å². The first-order chi connectivity index (χ1) is 18.5. The minimum atomic E-state index is -0.817. The summed E-state index contributed by atoms with van der Waals surface area (Å²) in [6.07, 6.45) is 6.09. The molecule has 14 heteroatoms.